The first-order valence-corrected chi connectivity index (χ1v) is 8.63. The first-order valence-electron chi connectivity index (χ1n) is 7.48. The Bertz CT molecular complexity index is 223. The molecule has 4 heteroatoms. The van der Waals surface area contributed by atoms with Crippen LogP contribution >= 0.6 is 11.8 Å². The van der Waals surface area contributed by atoms with E-state index in [0.29, 0.717) is 6.04 Å². The second kappa shape index (κ2) is 7.73. The van der Waals surface area contributed by atoms with Crippen molar-refractivity contribution >= 4 is 11.8 Å². The molecule has 2 rings (SSSR count). The minimum Gasteiger partial charge on any atom is -0.313 e. The molecule has 0 aromatic carbocycles. The molecule has 3 nitrogen and oxygen atoms in total. The van der Waals surface area contributed by atoms with Crippen molar-refractivity contribution in [3.63, 3.8) is 0 Å². The van der Waals surface area contributed by atoms with Crippen molar-refractivity contribution in [2.24, 2.45) is 5.92 Å². The van der Waals surface area contributed by atoms with Crippen LogP contribution in [0.1, 0.15) is 19.8 Å². The van der Waals surface area contributed by atoms with E-state index in [2.05, 4.69) is 40.8 Å². The molecule has 106 valence electrons. The molecule has 0 bridgehead atoms. The highest BCUT2D eigenvalue weighted by atomic mass is 32.2. The third-order valence-electron chi connectivity index (χ3n) is 4.47. The number of likely N-dealkylation sites (tertiary alicyclic amines) is 1. The lowest BCUT2D eigenvalue weighted by Crippen LogP contribution is -2.44. The number of nitrogens with zero attached hydrogens (tertiary/aromatic N) is 2. The summed E-state index contributed by atoms with van der Waals surface area (Å²) in [5.41, 5.74) is 0. The fourth-order valence-corrected chi connectivity index (χ4v) is 3.95. The number of hydrogen-bond acceptors (Lipinski definition) is 4. The van der Waals surface area contributed by atoms with Gasteiger partial charge in [-0.1, -0.05) is 0 Å². The topological polar surface area (TPSA) is 18.5 Å². The fraction of sp³-hybridized carbons (Fsp3) is 1.00. The molecule has 2 aliphatic rings. The van der Waals surface area contributed by atoms with Gasteiger partial charge in [-0.05, 0) is 45.8 Å². The Morgan fingerprint density at radius 1 is 1.17 bits per heavy atom. The molecule has 0 aromatic heterocycles. The van der Waals surface area contributed by atoms with Gasteiger partial charge in [-0.25, -0.2) is 0 Å². The normalized spacial score (nSPS) is 26.3. The highest BCUT2D eigenvalue weighted by Gasteiger charge is 2.21. The van der Waals surface area contributed by atoms with Gasteiger partial charge in [0.05, 0.1) is 0 Å². The van der Waals surface area contributed by atoms with Crippen LogP contribution in [-0.4, -0.2) is 73.7 Å². The third kappa shape index (κ3) is 4.72. The van der Waals surface area contributed by atoms with Gasteiger partial charge in [0.2, 0.25) is 0 Å². The van der Waals surface area contributed by atoms with Crippen molar-refractivity contribution in [1.82, 2.24) is 15.1 Å². The minimum atomic E-state index is 0.692. The molecular formula is C14H29N3S. The van der Waals surface area contributed by atoms with E-state index in [1.807, 2.05) is 0 Å². The molecule has 2 fully saturated rings. The van der Waals surface area contributed by atoms with Crippen LogP contribution in [0, 0.1) is 5.92 Å². The zero-order chi connectivity index (χ0) is 12.8. The second-order valence-corrected chi connectivity index (χ2v) is 7.06. The van der Waals surface area contributed by atoms with Gasteiger partial charge in [-0.3, -0.25) is 0 Å². The smallest absolute Gasteiger partial charge is 0.0108 e. The monoisotopic (exact) mass is 271 g/mol. The Hall–Kier alpha value is 0.230. The summed E-state index contributed by atoms with van der Waals surface area (Å²) < 4.78 is 0. The molecule has 0 aliphatic carbocycles. The number of thioether (sulfide) groups is 1. The summed E-state index contributed by atoms with van der Waals surface area (Å²) in [5.74, 6) is 3.53. The van der Waals surface area contributed by atoms with E-state index in [1.165, 1.54) is 57.1 Å². The molecule has 2 heterocycles. The molecule has 0 saturated carbocycles. The Morgan fingerprint density at radius 2 is 1.83 bits per heavy atom. The van der Waals surface area contributed by atoms with Gasteiger partial charge in [0.25, 0.3) is 0 Å². The Labute approximate surface area is 117 Å². The average molecular weight is 271 g/mol. The van der Waals surface area contributed by atoms with Crippen molar-refractivity contribution in [3.8, 4) is 0 Å². The highest BCUT2D eigenvalue weighted by molar-refractivity contribution is 7.99. The summed E-state index contributed by atoms with van der Waals surface area (Å²) in [6.45, 7) is 9.90. The standard InChI is InChI=1S/C14H29N3S/c1-13(14-3-6-16(2)7-4-14)15-5-8-17-9-11-18-12-10-17/h13-15H,3-12H2,1-2H3. The summed E-state index contributed by atoms with van der Waals surface area (Å²) >= 11 is 2.09. The molecular weight excluding hydrogens is 242 g/mol. The Balaban J connectivity index is 1.57. The van der Waals surface area contributed by atoms with Crippen LogP contribution in [0.15, 0.2) is 0 Å². The van der Waals surface area contributed by atoms with Gasteiger partial charge in [-0.15, -0.1) is 0 Å². The lowest BCUT2D eigenvalue weighted by Gasteiger charge is -2.34. The van der Waals surface area contributed by atoms with E-state index in [1.54, 1.807) is 0 Å². The van der Waals surface area contributed by atoms with Gasteiger partial charge in [0.15, 0.2) is 0 Å². The summed E-state index contributed by atoms with van der Waals surface area (Å²) in [6, 6.07) is 0.692. The maximum Gasteiger partial charge on any atom is 0.0108 e. The second-order valence-electron chi connectivity index (χ2n) is 5.84. The summed E-state index contributed by atoms with van der Waals surface area (Å²) in [6.07, 6.45) is 2.73. The molecule has 18 heavy (non-hydrogen) atoms. The summed E-state index contributed by atoms with van der Waals surface area (Å²) in [5, 5.41) is 3.75. The zero-order valence-electron chi connectivity index (χ0n) is 12.0. The third-order valence-corrected chi connectivity index (χ3v) is 5.41. The van der Waals surface area contributed by atoms with E-state index in [4.69, 9.17) is 0 Å². The highest BCUT2D eigenvalue weighted by Crippen LogP contribution is 2.19. The predicted octanol–water partition coefficient (Wildman–Crippen LogP) is 1.36. The van der Waals surface area contributed by atoms with Gasteiger partial charge in [-0.2, -0.15) is 11.8 Å². The molecule has 0 spiro atoms. The van der Waals surface area contributed by atoms with E-state index < -0.39 is 0 Å². The summed E-state index contributed by atoms with van der Waals surface area (Å²) in [4.78, 5) is 5.06. The average Bonchev–Trinajstić information content (AvgIpc) is 2.40. The number of nitrogens with one attached hydrogen (secondary N) is 1. The fourth-order valence-electron chi connectivity index (χ4n) is 2.97. The molecule has 0 aromatic rings. The quantitative estimate of drug-likeness (QED) is 0.813. The maximum absolute atomic E-state index is 3.75. The van der Waals surface area contributed by atoms with Crippen molar-refractivity contribution in [3.05, 3.63) is 0 Å². The number of hydrogen-bond donors (Lipinski definition) is 1. The van der Waals surface area contributed by atoms with Crippen LogP contribution < -0.4 is 5.32 Å². The van der Waals surface area contributed by atoms with Gasteiger partial charge >= 0.3 is 0 Å². The Morgan fingerprint density at radius 3 is 2.50 bits per heavy atom. The minimum absolute atomic E-state index is 0.692. The van der Waals surface area contributed by atoms with Crippen LogP contribution in [-0.2, 0) is 0 Å². The van der Waals surface area contributed by atoms with Crippen molar-refractivity contribution in [2.45, 2.75) is 25.8 Å². The molecule has 0 amide bonds. The van der Waals surface area contributed by atoms with Gasteiger partial charge in [0, 0.05) is 43.7 Å². The van der Waals surface area contributed by atoms with E-state index >= 15 is 0 Å². The predicted molar refractivity (Wildman–Crippen MR) is 81.5 cm³/mol. The lowest BCUT2D eigenvalue weighted by molar-refractivity contribution is 0.186. The van der Waals surface area contributed by atoms with Crippen LogP contribution in [0.3, 0.4) is 0 Å². The molecule has 1 atom stereocenters. The molecule has 2 aliphatic heterocycles. The lowest BCUT2D eigenvalue weighted by atomic mass is 9.90. The number of rotatable bonds is 5. The van der Waals surface area contributed by atoms with Crippen LogP contribution in [0.25, 0.3) is 0 Å². The molecule has 1 unspecified atom stereocenters. The van der Waals surface area contributed by atoms with Crippen molar-refractivity contribution < 1.29 is 0 Å². The van der Waals surface area contributed by atoms with Crippen molar-refractivity contribution in [2.75, 3.05) is 57.8 Å². The van der Waals surface area contributed by atoms with Crippen LogP contribution in [0.2, 0.25) is 0 Å². The zero-order valence-corrected chi connectivity index (χ0v) is 12.8. The van der Waals surface area contributed by atoms with E-state index in [-0.39, 0.29) is 0 Å². The first-order chi connectivity index (χ1) is 8.75. The molecule has 1 N–H and O–H groups in total. The van der Waals surface area contributed by atoms with Crippen molar-refractivity contribution in [1.29, 1.82) is 0 Å². The SMILES string of the molecule is CC(NCCN1CCSCC1)C1CCN(C)CC1. The molecule has 2 saturated heterocycles. The number of piperidine rings is 1. The summed E-state index contributed by atoms with van der Waals surface area (Å²) in [7, 11) is 2.24. The van der Waals surface area contributed by atoms with Gasteiger partial charge < -0.3 is 15.1 Å². The van der Waals surface area contributed by atoms with E-state index in [9.17, 15) is 0 Å². The van der Waals surface area contributed by atoms with Gasteiger partial charge in [0.1, 0.15) is 0 Å². The molecule has 0 radical (unpaired) electrons. The first kappa shape index (κ1) is 14.6. The Kier molecular flexibility index (Phi) is 6.29. The largest absolute Gasteiger partial charge is 0.313 e. The van der Waals surface area contributed by atoms with Crippen LogP contribution in [0.4, 0.5) is 0 Å². The maximum atomic E-state index is 3.75. The van der Waals surface area contributed by atoms with Crippen LogP contribution in [0.5, 0.6) is 0 Å². The van der Waals surface area contributed by atoms with E-state index in [0.717, 1.165) is 12.5 Å².